The third-order valence-corrected chi connectivity index (χ3v) is 4.20. The molecule has 4 nitrogen and oxygen atoms in total. The maximum Gasteiger partial charge on any atom is 0.161 e. The van der Waals surface area contributed by atoms with E-state index in [1.165, 1.54) is 6.07 Å². The highest BCUT2D eigenvalue weighted by Gasteiger charge is 2.27. The Morgan fingerprint density at radius 1 is 1.20 bits per heavy atom. The molecule has 0 radical (unpaired) electrons. The van der Waals surface area contributed by atoms with E-state index < -0.39 is 0 Å². The normalized spacial score (nSPS) is 16.8. The van der Waals surface area contributed by atoms with E-state index in [2.05, 4.69) is 16.2 Å². The SMILES string of the molecule is Cc1cc(C2=NOC(c3ccccc3F)C2)c(C)cc1N=CN(C)C. The van der Waals surface area contributed by atoms with Crippen molar-refractivity contribution < 1.29 is 9.23 Å². The molecule has 0 saturated carbocycles. The molecule has 25 heavy (non-hydrogen) atoms. The van der Waals surface area contributed by atoms with Gasteiger partial charge in [-0.2, -0.15) is 0 Å². The van der Waals surface area contributed by atoms with Crippen LogP contribution in [0.4, 0.5) is 10.1 Å². The number of rotatable bonds is 4. The van der Waals surface area contributed by atoms with Crippen LogP contribution < -0.4 is 0 Å². The van der Waals surface area contributed by atoms with Crippen LogP contribution in [-0.2, 0) is 4.84 Å². The zero-order chi connectivity index (χ0) is 18.0. The van der Waals surface area contributed by atoms with Gasteiger partial charge in [0.25, 0.3) is 0 Å². The van der Waals surface area contributed by atoms with Crippen molar-refractivity contribution in [3.8, 4) is 0 Å². The van der Waals surface area contributed by atoms with Gasteiger partial charge in [-0.3, -0.25) is 0 Å². The molecule has 3 rings (SSSR count). The molecule has 0 spiro atoms. The number of hydrogen-bond donors (Lipinski definition) is 0. The monoisotopic (exact) mass is 339 g/mol. The molecule has 0 amide bonds. The number of nitrogens with zero attached hydrogens (tertiary/aromatic N) is 3. The highest BCUT2D eigenvalue weighted by atomic mass is 19.1. The summed E-state index contributed by atoms with van der Waals surface area (Å²) in [7, 11) is 3.88. The van der Waals surface area contributed by atoms with Gasteiger partial charge in [0.1, 0.15) is 5.82 Å². The zero-order valence-corrected chi connectivity index (χ0v) is 15.0. The molecule has 1 heterocycles. The van der Waals surface area contributed by atoms with Crippen LogP contribution in [0.2, 0.25) is 0 Å². The Hall–Kier alpha value is -2.69. The van der Waals surface area contributed by atoms with Gasteiger partial charge in [-0.25, -0.2) is 9.38 Å². The van der Waals surface area contributed by atoms with Crippen LogP contribution in [0, 0.1) is 19.7 Å². The number of benzene rings is 2. The molecule has 0 bridgehead atoms. The van der Waals surface area contributed by atoms with Crippen LogP contribution in [-0.4, -0.2) is 31.0 Å². The lowest BCUT2D eigenvalue weighted by Gasteiger charge is -2.11. The summed E-state index contributed by atoms with van der Waals surface area (Å²) >= 11 is 0. The van der Waals surface area contributed by atoms with Crippen LogP contribution in [0.25, 0.3) is 0 Å². The van der Waals surface area contributed by atoms with Gasteiger partial charge in [-0.1, -0.05) is 23.4 Å². The second-order valence-electron chi connectivity index (χ2n) is 6.52. The minimum atomic E-state index is -0.373. The summed E-state index contributed by atoms with van der Waals surface area (Å²) in [4.78, 5) is 11.9. The van der Waals surface area contributed by atoms with Crippen LogP contribution in [0.3, 0.4) is 0 Å². The average Bonchev–Trinajstić information content (AvgIpc) is 3.05. The molecule has 1 aliphatic rings. The van der Waals surface area contributed by atoms with Crippen molar-refractivity contribution >= 4 is 17.7 Å². The number of hydrogen-bond acceptors (Lipinski definition) is 3. The number of aryl methyl sites for hydroxylation is 2. The quantitative estimate of drug-likeness (QED) is 0.606. The highest BCUT2D eigenvalue weighted by molar-refractivity contribution is 6.03. The molecule has 130 valence electrons. The Bertz CT molecular complexity index is 843. The van der Waals surface area contributed by atoms with Crippen molar-refractivity contribution in [2.75, 3.05) is 14.1 Å². The molecule has 0 fully saturated rings. The Kier molecular flexibility index (Phi) is 4.83. The van der Waals surface area contributed by atoms with Crippen molar-refractivity contribution in [2.45, 2.75) is 26.4 Å². The first kappa shape index (κ1) is 17.1. The third kappa shape index (κ3) is 3.71. The summed E-state index contributed by atoms with van der Waals surface area (Å²) in [6, 6.07) is 10.8. The second kappa shape index (κ2) is 7.05. The molecular formula is C20H22FN3O. The fourth-order valence-electron chi connectivity index (χ4n) is 2.87. The summed E-state index contributed by atoms with van der Waals surface area (Å²) < 4.78 is 14.0. The molecule has 1 atom stereocenters. The minimum Gasteiger partial charge on any atom is -0.387 e. The first-order chi connectivity index (χ1) is 12.0. The summed E-state index contributed by atoms with van der Waals surface area (Å²) in [6.07, 6.45) is 1.97. The van der Waals surface area contributed by atoms with Gasteiger partial charge >= 0.3 is 0 Å². The van der Waals surface area contributed by atoms with E-state index in [-0.39, 0.29) is 11.9 Å². The van der Waals surface area contributed by atoms with Crippen LogP contribution in [0.1, 0.15) is 34.8 Å². The smallest absolute Gasteiger partial charge is 0.161 e. The molecule has 0 aliphatic carbocycles. The molecule has 2 aromatic carbocycles. The maximum atomic E-state index is 14.0. The molecule has 0 N–H and O–H groups in total. The minimum absolute atomic E-state index is 0.259. The van der Waals surface area contributed by atoms with Gasteiger partial charge in [0.15, 0.2) is 6.10 Å². The summed E-state index contributed by atoms with van der Waals surface area (Å²) in [5.41, 5.74) is 5.49. The first-order valence-electron chi connectivity index (χ1n) is 8.25. The van der Waals surface area contributed by atoms with E-state index in [0.717, 1.165) is 28.1 Å². The van der Waals surface area contributed by atoms with Crippen molar-refractivity contribution in [3.05, 3.63) is 64.5 Å². The predicted octanol–water partition coefficient (Wildman–Crippen LogP) is 4.53. The van der Waals surface area contributed by atoms with Crippen LogP contribution in [0.15, 0.2) is 46.5 Å². The van der Waals surface area contributed by atoms with Gasteiger partial charge in [-0.15, -0.1) is 0 Å². The number of halogens is 1. The standard InChI is InChI=1S/C20H22FN3O/c1-13-10-18(22-12-24(3)4)14(2)9-16(13)19-11-20(25-23-19)15-7-5-6-8-17(15)21/h5-10,12,20H,11H2,1-4H3. The second-order valence-corrected chi connectivity index (χ2v) is 6.52. The van der Waals surface area contributed by atoms with Gasteiger partial charge in [-0.05, 0) is 43.2 Å². The average molecular weight is 339 g/mol. The predicted molar refractivity (Wildman–Crippen MR) is 99.1 cm³/mol. The lowest BCUT2D eigenvalue weighted by molar-refractivity contribution is 0.0830. The van der Waals surface area contributed by atoms with Crippen LogP contribution >= 0.6 is 0 Å². The molecular weight excluding hydrogens is 317 g/mol. The summed E-state index contributed by atoms with van der Waals surface area (Å²) in [6.45, 7) is 4.05. The largest absolute Gasteiger partial charge is 0.387 e. The van der Waals surface area contributed by atoms with Crippen molar-refractivity contribution in [1.82, 2.24) is 4.90 Å². The van der Waals surface area contributed by atoms with Crippen molar-refractivity contribution in [3.63, 3.8) is 0 Å². The molecule has 0 saturated heterocycles. The van der Waals surface area contributed by atoms with E-state index in [1.54, 1.807) is 18.5 Å². The molecule has 5 heteroatoms. The lowest BCUT2D eigenvalue weighted by Crippen LogP contribution is -2.07. The highest BCUT2D eigenvalue weighted by Crippen LogP contribution is 2.33. The zero-order valence-electron chi connectivity index (χ0n) is 15.0. The van der Waals surface area contributed by atoms with Crippen molar-refractivity contribution in [2.24, 2.45) is 10.1 Å². The summed E-state index contributed by atoms with van der Waals surface area (Å²) in [5.74, 6) is -0.259. The number of oxime groups is 1. The molecule has 0 aromatic heterocycles. The van der Waals surface area contributed by atoms with E-state index in [0.29, 0.717) is 12.0 Å². The van der Waals surface area contributed by atoms with Crippen molar-refractivity contribution in [1.29, 1.82) is 0 Å². The van der Waals surface area contributed by atoms with Gasteiger partial charge < -0.3 is 9.74 Å². The number of aliphatic imine (C=N–C) groups is 1. The Balaban J connectivity index is 1.84. The molecule has 1 unspecified atom stereocenters. The fraction of sp³-hybridized carbons (Fsp3) is 0.300. The molecule has 1 aliphatic heterocycles. The first-order valence-corrected chi connectivity index (χ1v) is 8.25. The Morgan fingerprint density at radius 3 is 2.68 bits per heavy atom. The van der Waals surface area contributed by atoms with Gasteiger partial charge in [0.2, 0.25) is 0 Å². The topological polar surface area (TPSA) is 37.2 Å². The van der Waals surface area contributed by atoms with E-state index >= 15 is 0 Å². The summed E-state index contributed by atoms with van der Waals surface area (Å²) in [5, 5.41) is 4.21. The maximum absolute atomic E-state index is 14.0. The lowest BCUT2D eigenvalue weighted by atomic mass is 9.95. The van der Waals surface area contributed by atoms with E-state index in [4.69, 9.17) is 4.84 Å². The molecule has 2 aromatic rings. The van der Waals surface area contributed by atoms with Gasteiger partial charge in [0.05, 0.1) is 17.7 Å². The Morgan fingerprint density at radius 2 is 1.96 bits per heavy atom. The third-order valence-electron chi connectivity index (χ3n) is 4.20. The Labute approximate surface area is 147 Å². The van der Waals surface area contributed by atoms with Crippen LogP contribution in [0.5, 0.6) is 0 Å². The van der Waals surface area contributed by atoms with E-state index in [9.17, 15) is 4.39 Å². The van der Waals surface area contributed by atoms with Gasteiger partial charge in [0, 0.05) is 31.6 Å². The fourth-order valence-corrected chi connectivity index (χ4v) is 2.87. The van der Waals surface area contributed by atoms with E-state index in [1.807, 2.05) is 45.0 Å².